The molecule has 3 nitrogen and oxygen atoms in total. The van der Waals surface area contributed by atoms with E-state index < -0.39 is 5.91 Å². The van der Waals surface area contributed by atoms with Crippen molar-refractivity contribution in [3.05, 3.63) is 59.7 Å². The molecule has 0 atom stereocenters. The molecule has 0 aliphatic heterocycles. The maximum Gasteiger partial charge on any atom is 0.249 e. The first-order valence-corrected chi connectivity index (χ1v) is 5.12. The summed E-state index contributed by atoms with van der Waals surface area (Å²) in [5.41, 5.74) is 8.04. The number of hydrogen-bond donors (Lipinski definition) is 1. The normalized spacial score (nSPS) is 9.59. The van der Waals surface area contributed by atoms with Crippen LogP contribution in [0.4, 0.5) is 0 Å². The van der Waals surface area contributed by atoms with Crippen molar-refractivity contribution < 1.29 is 4.79 Å². The Morgan fingerprint density at radius 2 is 1.71 bits per heavy atom. The van der Waals surface area contributed by atoms with Gasteiger partial charge in [-0.05, 0) is 29.3 Å². The molecule has 17 heavy (non-hydrogen) atoms. The second kappa shape index (κ2) is 4.50. The molecule has 3 heteroatoms. The lowest BCUT2D eigenvalue weighted by Gasteiger charge is -2.06. The SMILES string of the molecule is N#Cc1ccc(-c2ccccc2C(N)=O)cc1. The Hall–Kier alpha value is -2.60. The predicted octanol–water partition coefficient (Wildman–Crippen LogP) is 2.32. The monoisotopic (exact) mass is 222 g/mol. The van der Waals surface area contributed by atoms with Crippen molar-refractivity contribution in [3.63, 3.8) is 0 Å². The summed E-state index contributed by atoms with van der Waals surface area (Å²) in [7, 11) is 0. The van der Waals surface area contributed by atoms with Crippen molar-refractivity contribution in [3.8, 4) is 17.2 Å². The molecule has 2 aromatic rings. The van der Waals surface area contributed by atoms with Gasteiger partial charge >= 0.3 is 0 Å². The Morgan fingerprint density at radius 3 is 2.29 bits per heavy atom. The molecule has 0 unspecified atom stereocenters. The fourth-order valence-electron chi connectivity index (χ4n) is 1.67. The first-order chi connectivity index (χ1) is 8.22. The first kappa shape index (κ1) is 10.9. The molecule has 2 aromatic carbocycles. The highest BCUT2D eigenvalue weighted by atomic mass is 16.1. The van der Waals surface area contributed by atoms with Crippen LogP contribution in [-0.4, -0.2) is 5.91 Å². The van der Waals surface area contributed by atoms with Gasteiger partial charge in [0.05, 0.1) is 11.6 Å². The van der Waals surface area contributed by atoms with E-state index in [4.69, 9.17) is 11.0 Å². The van der Waals surface area contributed by atoms with Gasteiger partial charge in [-0.3, -0.25) is 4.79 Å². The van der Waals surface area contributed by atoms with Crippen LogP contribution in [0.5, 0.6) is 0 Å². The topological polar surface area (TPSA) is 66.9 Å². The minimum absolute atomic E-state index is 0.454. The Labute approximate surface area is 99.1 Å². The molecule has 0 aliphatic carbocycles. The summed E-state index contributed by atoms with van der Waals surface area (Å²) in [5.74, 6) is -0.454. The molecule has 82 valence electrons. The van der Waals surface area contributed by atoms with Crippen LogP contribution in [-0.2, 0) is 0 Å². The number of carbonyl (C=O) groups is 1. The van der Waals surface area contributed by atoms with Crippen LogP contribution in [0.15, 0.2) is 48.5 Å². The Balaban J connectivity index is 2.53. The minimum atomic E-state index is -0.454. The summed E-state index contributed by atoms with van der Waals surface area (Å²) in [5, 5.41) is 8.72. The fraction of sp³-hybridized carbons (Fsp3) is 0. The lowest BCUT2D eigenvalue weighted by atomic mass is 9.98. The Bertz CT molecular complexity index is 594. The van der Waals surface area contributed by atoms with Gasteiger partial charge in [-0.25, -0.2) is 0 Å². The molecule has 0 heterocycles. The number of nitrogens with zero attached hydrogens (tertiary/aromatic N) is 1. The number of nitriles is 1. The zero-order chi connectivity index (χ0) is 12.3. The van der Waals surface area contributed by atoms with E-state index in [1.807, 2.05) is 12.1 Å². The highest BCUT2D eigenvalue weighted by Crippen LogP contribution is 2.23. The summed E-state index contributed by atoms with van der Waals surface area (Å²) in [6, 6.07) is 16.2. The summed E-state index contributed by atoms with van der Waals surface area (Å²) in [4.78, 5) is 11.3. The van der Waals surface area contributed by atoms with Gasteiger partial charge in [0.2, 0.25) is 5.91 Å². The Kier molecular flexibility index (Phi) is 2.89. The third kappa shape index (κ3) is 2.16. The van der Waals surface area contributed by atoms with Crippen molar-refractivity contribution >= 4 is 5.91 Å². The highest BCUT2D eigenvalue weighted by molar-refractivity contribution is 5.99. The minimum Gasteiger partial charge on any atom is -0.366 e. The molecular formula is C14H10N2O. The Morgan fingerprint density at radius 1 is 1.06 bits per heavy atom. The summed E-state index contributed by atoms with van der Waals surface area (Å²) in [6.07, 6.45) is 0. The van der Waals surface area contributed by atoms with E-state index >= 15 is 0 Å². The van der Waals surface area contributed by atoms with E-state index in [0.717, 1.165) is 11.1 Å². The van der Waals surface area contributed by atoms with Crippen LogP contribution in [0.1, 0.15) is 15.9 Å². The standard InChI is InChI=1S/C14H10N2O/c15-9-10-5-7-11(8-6-10)12-3-1-2-4-13(12)14(16)17/h1-8H,(H2,16,17). The number of amides is 1. The van der Waals surface area contributed by atoms with E-state index in [9.17, 15) is 4.79 Å². The molecule has 1 amide bonds. The molecule has 0 saturated carbocycles. The lowest BCUT2D eigenvalue weighted by molar-refractivity contribution is 0.100. The summed E-state index contributed by atoms with van der Waals surface area (Å²) < 4.78 is 0. The summed E-state index contributed by atoms with van der Waals surface area (Å²) >= 11 is 0. The van der Waals surface area contributed by atoms with Crippen LogP contribution in [0.3, 0.4) is 0 Å². The number of benzene rings is 2. The average Bonchev–Trinajstić information content (AvgIpc) is 2.39. The molecule has 0 aliphatic rings. The molecule has 0 saturated heterocycles. The number of hydrogen-bond acceptors (Lipinski definition) is 2. The zero-order valence-corrected chi connectivity index (χ0v) is 9.05. The molecular weight excluding hydrogens is 212 g/mol. The molecule has 2 N–H and O–H groups in total. The van der Waals surface area contributed by atoms with E-state index in [1.54, 1.807) is 36.4 Å². The molecule has 0 aromatic heterocycles. The van der Waals surface area contributed by atoms with E-state index in [2.05, 4.69) is 6.07 Å². The largest absolute Gasteiger partial charge is 0.366 e. The van der Waals surface area contributed by atoms with Gasteiger partial charge < -0.3 is 5.73 Å². The maximum atomic E-state index is 11.3. The van der Waals surface area contributed by atoms with Gasteiger partial charge in [-0.2, -0.15) is 5.26 Å². The van der Waals surface area contributed by atoms with Crippen LogP contribution < -0.4 is 5.73 Å². The van der Waals surface area contributed by atoms with Crippen LogP contribution >= 0.6 is 0 Å². The number of carbonyl (C=O) groups excluding carboxylic acids is 1. The van der Waals surface area contributed by atoms with Crippen molar-refractivity contribution in [1.82, 2.24) is 0 Å². The van der Waals surface area contributed by atoms with Gasteiger partial charge in [-0.15, -0.1) is 0 Å². The zero-order valence-electron chi connectivity index (χ0n) is 9.05. The quantitative estimate of drug-likeness (QED) is 0.847. The smallest absolute Gasteiger partial charge is 0.249 e. The average molecular weight is 222 g/mol. The second-order valence-electron chi connectivity index (χ2n) is 3.60. The van der Waals surface area contributed by atoms with Crippen molar-refractivity contribution in [1.29, 1.82) is 5.26 Å². The number of primary amides is 1. The molecule has 2 rings (SSSR count). The van der Waals surface area contributed by atoms with Gasteiger partial charge in [0, 0.05) is 5.56 Å². The van der Waals surface area contributed by atoms with E-state index in [1.165, 1.54) is 0 Å². The molecule has 0 fully saturated rings. The lowest BCUT2D eigenvalue weighted by Crippen LogP contribution is -2.12. The van der Waals surface area contributed by atoms with Crippen LogP contribution in [0.2, 0.25) is 0 Å². The third-order valence-corrected chi connectivity index (χ3v) is 2.52. The number of nitrogens with two attached hydrogens (primary N) is 1. The van der Waals surface area contributed by atoms with Gasteiger partial charge in [0.15, 0.2) is 0 Å². The fourth-order valence-corrected chi connectivity index (χ4v) is 1.67. The van der Waals surface area contributed by atoms with Crippen molar-refractivity contribution in [2.45, 2.75) is 0 Å². The predicted molar refractivity (Wildman–Crippen MR) is 65.1 cm³/mol. The van der Waals surface area contributed by atoms with E-state index in [-0.39, 0.29) is 0 Å². The van der Waals surface area contributed by atoms with Gasteiger partial charge in [0.25, 0.3) is 0 Å². The van der Waals surface area contributed by atoms with E-state index in [0.29, 0.717) is 11.1 Å². The van der Waals surface area contributed by atoms with Gasteiger partial charge in [0.1, 0.15) is 0 Å². The third-order valence-electron chi connectivity index (χ3n) is 2.52. The van der Waals surface area contributed by atoms with Crippen molar-refractivity contribution in [2.24, 2.45) is 5.73 Å². The van der Waals surface area contributed by atoms with Crippen molar-refractivity contribution in [2.75, 3.05) is 0 Å². The van der Waals surface area contributed by atoms with Gasteiger partial charge in [-0.1, -0.05) is 30.3 Å². The molecule has 0 radical (unpaired) electrons. The number of rotatable bonds is 2. The highest BCUT2D eigenvalue weighted by Gasteiger charge is 2.08. The molecule has 0 spiro atoms. The molecule has 0 bridgehead atoms. The summed E-state index contributed by atoms with van der Waals surface area (Å²) in [6.45, 7) is 0. The van der Waals surface area contributed by atoms with Crippen LogP contribution in [0.25, 0.3) is 11.1 Å². The maximum absolute atomic E-state index is 11.3. The van der Waals surface area contributed by atoms with Crippen LogP contribution in [0, 0.1) is 11.3 Å². The first-order valence-electron chi connectivity index (χ1n) is 5.12. The second-order valence-corrected chi connectivity index (χ2v) is 3.60.